The minimum Gasteiger partial charge on any atom is -0.369 e. The van der Waals surface area contributed by atoms with E-state index in [1.54, 1.807) is 29.7 Å². The monoisotopic (exact) mass is 426 g/mol. The molecule has 2 heterocycles. The molecule has 162 valence electrons. The summed E-state index contributed by atoms with van der Waals surface area (Å²) in [5.41, 5.74) is 7.25. The first-order valence-corrected chi connectivity index (χ1v) is 10.6. The summed E-state index contributed by atoms with van der Waals surface area (Å²) in [6.07, 6.45) is 2.41. The number of benzene rings is 2. The highest BCUT2D eigenvalue weighted by Gasteiger charge is 2.33. The third kappa shape index (κ3) is 3.26. The van der Waals surface area contributed by atoms with Gasteiger partial charge in [-0.15, -0.1) is 0 Å². The number of hydrogen-bond acceptors (Lipinski definition) is 4. The van der Waals surface area contributed by atoms with Gasteiger partial charge in [-0.1, -0.05) is 18.2 Å². The van der Waals surface area contributed by atoms with Crippen molar-refractivity contribution in [2.75, 3.05) is 18.0 Å². The molecule has 2 fully saturated rings. The Bertz CT molecular complexity index is 1300. The molecule has 1 saturated heterocycles. The molecule has 5 rings (SSSR count). The van der Waals surface area contributed by atoms with Crippen LogP contribution in [0.3, 0.4) is 0 Å². The van der Waals surface area contributed by atoms with Crippen LogP contribution in [0.25, 0.3) is 10.9 Å². The summed E-state index contributed by atoms with van der Waals surface area (Å²) < 4.78 is 31.0. The second-order valence-corrected chi connectivity index (χ2v) is 8.63. The zero-order valence-electron chi connectivity index (χ0n) is 17.2. The van der Waals surface area contributed by atoms with Crippen LogP contribution in [0.5, 0.6) is 0 Å². The van der Waals surface area contributed by atoms with Crippen molar-refractivity contribution in [2.45, 2.75) is 38.3 Å². The SMILES string of the molecule is Cc1c(N2CCC(C(N)c3ccccc3F)C2)c(F)cc2c(=O)[nH]c(=O)n(C3CC3)c12. The van der Waals surface area contributed by atoms with Gasteiger partial charge in [0.2, 0.25) is 0 Å². The molecule has 2 unspecified atom stereocenters. The van der Waals surface area contributed by atoms with E-state index in [0.717, 1.165) is 12.8 Å². The Balaban J connectivity index is 1.55. The van der Waals surface area contributed by atoms with Crippen LogP contribution in [0.15, 0.2) is 39.9 Å². The van der Waals surface area contributed by atoms with E-state index in [9.17, 15) is 14.0 Å². The number of fused-ring (bicyclic) bond motifs is 1. The molecule has 1 saturated carbocycles. The van der Waals surface area contributed by atoms with E-state index in [4.69, 9.17) is 5.73 Å². The van der Waals surface area contributed by atoms with E-state index < -0.39 is 23.1 Å². The smallest absolute Gasteiger partial charge is 0.329 e. The Hall–Kier alpha value is -3.00. The van der Waals surface area contributed by atoms with Crippen LogP contribution in [0.2, 0.25) is 0 Å². The van der Waals surface area contributed by atoms with Crippen LogP contribution in [0.1, 0.15) is 42.5 Å². The fourth-order valence-electron chi connectivity index (χ4n) is 4.92. The lowest BCUT2D eigenvalue weighted by atomic mass is 9.93. The standard InChI is InChI=1S/C23H24F2N4O2/c1-12-20-16(22(30)27-23(31)29(20)14-6-7-14)10-18(25)21(12)28-9-8-13(11-28)19(26)15-4-2-3-5-17(15)24/h2-5,10,13-14,19H,6-9,11,26H2,1H3,(H,27,30,31). The Kier molecular flexibility index (Phi) is 4.69. The van der Waals surface area contributed by atoms with Crippen LogP contribution < -0.4 is 21.9 Å². The lowest BCUT2D eigenvalue weighted by Crippen LogP contribution is -2.31. The molecule has 3 aromatic rings. The number of nitrogens with two attached hydrogens (primary N) is 1. The number of rotatable bonds is 4. The van der Waals surface area contributed by atoms with Crippen molar-refractivity contribution in [2.24, 2.45) is 11.7 Å². The first-order chi connectivity index (χ1) is 14.9. The van der Waals surface area contributed by atoms with Gasteiger partial charge in [0, 0.05) is 36.3 Å². The summed E-state index contributed by atoms with van der Waals surface area (Å²) in [4.78, 5) is 29.1. The first-order valence-electron chi connectivity index (χ1n) is 10.6. The third-order valence-corrected chi connectivity index (χ3v) is 6.61. The largest absolute Gasteiger partial charge is 0.369 e. The number of nitrogens with one attached hydrogen (secondary N) is 1. The maximum atomic E-state index is 15.2. The highest BCUT2D eigenvalue weighted by Crippen LogP contribution is 2.40. The number of halogens is 2. The maximum Gasteiger partial charge on any atom is 0.329 e. The van der Waals surface area contributed by atoms with E-state index in [1.165, 1.54) is 12.1 Å². The first kappa shape index (κ1) is 19.9. The summed E-state index contributed by atoms with van der Waals surface area (Å²) in [5.74, 6) is -0.887. The molecule has 0 amide bonds. The molecule has 6 nitrogen and oxygen atoms in total. The molecular weight excluding hydrogens is 402 g/mol. The summed E-state index contributed by atoms with van der Waals surface area (Å²) in [6, 6.07) is 7.22. The fraction of sp³-hybridized carbons (Fsp3) is 0.391. The van der Waals surface area contributed by atoms with Gasteiger partial charge in [0.05, 0.1) is 16.6 Å². The van der Waals surface area contributed by atoms with Gasteiger partial charge in [0.1, 0.15) is 11.6 Å². The second-order valence-electron chi connectivity index (χ2n) is 8.63. The van der Waals surface area contributed by atoms with Gasteiger partial charge in [-0.3, -0.25) is 14.3 Å². The molecule has 3 N–H and O–H groups in total. The van der Waals surface area contributed by atoms with Crippen LogP contribution >= 0.6 is 0 Å². The number of aromatic amines is 1. The van der Waals surface area contributed by atoms with E-state index in [1.807, 2.05) is 4.90 Å². The summed E-state index contributed by atoms with van der Waals surface area (Å²) >= 11 is 0. The topological polar surface area (TPSA) is 84.1 Å². The number of aromatic nitrogens is 2. The van der Waals surface area contributed by atoms with Gasteiger partial charge in [-0.2, -0.15) is 0 Å². The minimum absolute atomic E-state index is 0.0321. The van der Waals surface area contributed by atoms with E-state index in [2.05, 4.69) is 4.98 Å². The molecule has 2 aromatic carbocycles. The normalized spacial score (nSPS) is 19.9. The van der Waals surface area contributed by atoms with Crippen LogP contribution in [0, 0.1) is 24.5 Å². The van der Waals surface area contributed by atoms with Gasteiger partial charge in [0.15, 0.2) is 0 Å². The minimum atomic E-state index is -0.577. The van der Waals surface area contributed by atoms with Crippen molar-refractivity contribution in [1.82, 2.24) is 9.55 Å². The molecule has 1 aliphatic heterocycles. The van der Waals surface area contributed by atoms with Crippen molar-refractivity contribution in [3.8, 4) is 0 Å². The number of nitrogens with zero attached hydrogens (tertiary/aromatic N) is 2. The highest BCUT2D eigenvalue weighted by atomic mass is 19.1. The number of H-pyrrole nitrogens is 1. The Morgan fingerprint density at radius 2 is 1.87 bits per heavy atom. The molecule has 0 bridgehead atoms. The number of anilines is 1. The highest BCUT2D eigenvalue weighted by molar-refractivity contribution is 5.87. The molecule has 2 atom stereocenters. The van der Waals surface area contributed by atoms with Crippen LogP contribution in [-0.2, 0) is 0 Å². The van der Waals surface area contributed by atoms with Crippen molar-refractivity contribution in [3.63, 3.8) is 0 Å². The van der Waals surface area contributed by atoms with Gasteiger partial charge >= 0.3 is 5.69 Å². The fourth-order valence-corrected chi connectivity index (χ4v) is 4.92. The summed E-state index contributed by atoms with van der Waals surface area (Å²) in [6.45, 7) is 2.78. The van der Waals surface area contributed by atoms with Crippen molar-refractivity contribution < 1.29 is 8.78 Å². The zero-order valence-corrected chi connectivity index (χ0v) is 17.2. The van der Waals surface area contributed by atoms with Crippen LogP contribution in [-0.4, -0.2) is 22.6 Å². The third-order valence-electron chi connectivity index (χ3n) is 6.61. The van der Waals surface area contributed by atoms with Crippen molar-refractivity contribution in [3.05, 3.63) is 73.9 Å². The quantitative estimate of drug-likeness (QED) is 0.671. The molecule has 0 radical (unpaired) electrons. The van der Waals surface area contributed by atoms with Gasteiger partial charge < -0.3 is 10.6 Å². The Morgan fingerprint density at radius 3 is 2.58 bits per heavy atom. The molecule has 1 aromatic heterocycles. The van der Waals surface area contributed by atoms with E-state index in [0.29, 0.717) is 41.8 Å². The molecular formula is C23H24F2N4O2. The molecule has 0 spiro atoms. The zero-order chi connectivity index (χ0) is 21.9. The van der Waals surface area contributed by atoms with Crippen molar-refractivity contribution in [1.29, 1.82) is 0 Å². The average Bonchev–Trinajstić information content (AvgIpc) is 3.45. The predicted octanol–water partition coefficient (Wildman–Crippen LogP) is 3.14. The Morgan fingerprint density at radius 1 is 1.13 bits per heavy atom. The lowest BCUT2D eigenvalue weighted by Gasteiger charge is -2.25. The summed E-state index contributed by atoms with van der Waals surface area (Å²) in [7, 11) is 0. The van der Waals surface area contributed by atoms with Gasteiger partial charge in [-0.25, -0.2) is 13.6 Å². The number of aryl methyl sites for hydroxylation is 1. The lowest BCUT2D eigenvalue weighted by molar-refractivity contribution is 0.453. The summed E-state index contributed by atoms with van der Waals surface area (Å²) in [5, 5.41) is 0.184. The second kappa shape index (κ2) is 7.30. The van der Waals surface area contributed by atoms with Crippen molar-refractivity contribution >= 4 is 16.6 Å². The van der Waals surface area contributed by atoms with Gasteiger partial charge in [0.25, 0.3) is 5.56 Å². The average molecular weight is 426 g/mol. The molecule has 8 heteroatoms. The predicted molar refractivity (Wildman–Crippen MR) is 115 cm³/mol. The Labute approximate surface area is 177 Å². The van der Waals surface area contributed by atoms with Gasteiger partial charge in [-0.05, 0) is 44.2 Å². The maximum absolute atomic E-state index is 15.2. The molecule has 2 aliphatic rings. The van der Waals surface area contributed by atoms with E-state index in [-0.39, 0.29) is 23.2 Å². The molecule has 31 heavy (non-hydrogen) atoms. The molecule has 1 aliphatic carbocycles. The van der Waals surface area contributed by atoms with Crippen LogP contribution in [0.4, 0.5) is 14.5 Å². The number of hydrogen-bond donors (Lipinski definition) is 2. The van der Waals surface area contributed by atoms with E-state index >= 15 is 4.39 Å².